The third-order valence-corrected chi connectivity index (χ3v) is 7.31. The topological polar surface area (TPSA) is 91.0 Å². The maximum atomic E-state index is 12.9. The Bertz CT molecular complexity index is 1170. The van der Waals surface area contributed by atoms with Crippen molar-refractivity contribution in [3.63, 3.8) is 0 Å². The van der Waals surface area contributed by atoms with Crippen LogP contribution < -0.4 is 15.5 Å². The van der Waals surface area contributed by atoms with Crippen LogP contribution in [0.15, 0.2) is 48.5 Å². The van der Waals surface area contributed by atoms with Gasteiger partial charge in [-0.1, -0.05) is 6.07 Å². The summed E-state index contributed by atoms with van der Waals surface area (Å²) in [5.41, 5.74) is 0.534. The molecule has 0 saturated carbocycles. The van der Waals surface area contributed by atoms with Crippen molar-refractivity contribution >= 4 is 23.5 Å². The van der Waals surface area contributed by atoms with E-state index in [1.54, 1.807) is 12.1 Å². The number of nitrogens with one attached hydrogen (secondary N) is 2. The van der Waals surface area contributed by atoms with Gasteiger partial charge in [0.15, 0.2) is 0 Å². The van der Waals surface area contributed by atoms with Gasteiger partial charge >= 0.3 is 12.1 Å². The Balaban J connectivity index is 1.21. The molecule has 210 valence electrons. The molecule has 1 unspecified atom stereocenters. The zero-order valence-corrected chi connectivity index (χ0v) is 21.8. The first-order valence-corrected chi connectivity index (χ1v) is 13.1. The van der Waals surface area contributed by atoms with Crippen LogP contribution in [0, 0.1) is 0 Å². The molecular formula is C28H33F3N4O4. The van der Waals surface area contributed by atoms with E-state index in [2.05, 4.69) is 20.4 Å². The smallest absolute Gasteiger partial charge is 0.416 e. The number of anilines is 1. The lowest BCUT2D eigenvalue weighted by atomic mass is 10.1. The maximum absolute atomic E-state index is 12.9. The fraction of sp³-hybridized carbons (Fsp3) is 0.464. The van der Waals surface area contributed by atoms with Gasteiger partial charge in [-0.15, -0.1) is 0 Å². The van der Waals surface area contributed by atoms with Crippen LogP contribution in [-0.4, -0.2) is 74.6 Å². The molecule has 2 N–H and O–H groups in total. The predicted octanol–water partition coefficient (Wildman–Crippen LogP) is 3.47. The molecule has 0 aromatic heterocycles. The predicted molar refractivity (Wildman–Crippen MR) is 140 cm³/mol. The number of nitrogens with zero attached hydrogens (tertiary/aromatic N) is 2. The highest BCUT2D eigenvalue weighted by molar-refractivity contribution is 5.96. The summed E-state index contributed by atoms with van der Waals surface area (Å²) < 4.78 is 43.4. The highest BCUT2D eigenvalue weighted by Crippen LogP contribution is 2.29. The first kappa shape index (κ1) is 28.4. The second-order valence-corrected chi connectivity index (χ2v) is 9.92. The van der Waals surface area contributed by atoms with E-state index in [1.807, 2.05) is 12.1 Å². The Labute approximate surface area is 225 Å². The number of alkyl halides is 3. The van der Waals surface area contributed by atoms with Gasteiger partial charge in [-0.2, -0.15) is 13.2 Å². The average molecular weight is 547 g/mol. The van der Waals surface area contributed by atoms with Crippen molar-refractivity contribution in [3.8, 4) is 0 Å². The lowest BCUT2D eigenvalue weighted by Gasteiger charge is -2.27. The Kier molecular flexibility index (Phi) is 9.11. The number of hydrogen-bond acceptors (Lipinski definition) is 6. The SMILES string of the molecule is COC(=O)c1ccc(N2CCCC(N3CC[C@@H](NC(=O)CNC(=O)c4cccc(C(F)(F)F)c4)C3)CC2)cc1. The molecule has 2 amide bonds. The third-order valence-electron chi connectivity index (χ3n) is 7.31. The van der Waals surface area contributed by atoms with Crippen LogP contribution in [0.2, 0.25) is 0 Å². The standard InChI is InChI=1S/C28H33F3N4O4/c1-39-27(38)19-7-9-24(10-8-19)34-13-3-6-23(12-15-34)35-14-11-22(18-35)33-25(36)17-32-26(37)20-4-2-5-21(16-20)28(29,30)31/h2,4-5,7-10,16,22-23H,3,6,11-15,17-18H2,1H3,(H,32,37)(H,33,36)/t22-,23?/m1/s1. The second-order valence-electron chi connectivity index (χ2n) is 9.92. The van der Waals surface area contributed by atoms with E-state index in [4.69, 9.17) is 4.74 Å². The van der Waals surface area contributed by atoms with Gasteiger partial charge in [0.25, 0.3) is 5.91 Å². The number of carbonyl (C=O) groups excluding carboxylic acids is 3. The number of esters is 1. The summed E-state index contributed by atoms with van der Waals surface area (Å²) in [5, 5.41) is 5.34. The Morgan fingerprint density at radius 2 is 1.74 bits per heavy atom. The van der Waals surface area contributed by atoms with Crippen molar-refractivity contribution in [2.24, 2.45) is 0 Å². The van der Waals surface area contributed by atoms with Crippen molar-refractivity contribution in [1.29, 1.82) is 0 Å². The fourth-order valence-electron chi connectivity index (χ4n) is 5.24. The summed E-state index contributed by atoms with van der Waals surface area (Å²) in [4.78, 5) is 41.1. The number of methoxy groups -OCH3 is 1. The quantitative estimate of drug-likeness (QED) is 0.517. The van der Waals surface area contributed by atoms with Crippen molar-refractivity contribution < 1.29 is 32.3 Å². The molecule has 2 aromatic carbocycles. The number of rotatable bonds is 7. The van der Waals surface area contributed by atoms with Gasteiger partial charge in [0.1, 0.15) is 0 Å². The zero-order chi connectivity index (χ0) is 28.0. The summed E-state index contributed by atoms with van der Waals surface area (Å²) in [6.45, 7) is 3.08. The summed E-state index contributed by atoms with van der Waals surface area (Å²) in [7, 11) is 1.36. The lowest BCUT2D eigenvalue weighted by Crippen LogP contribution is -2.44. The van der Waals surface area contributed by atoms with Gasteiger partial charge < -0.3 is 20.3 Å². The van der Waals surface area contributed by atoms with Crippen molar-refractivity contribution in [3.05, 3.63) is 65.2 Å². The highest BCUT2D eigenvalue weighted by Gasteiger charge is 2.32. The number of benzene rings is 2. The zero-order valence-electron chi connectivity index (χ0n) is 21.8. The summed E-state index contributed by atoms with van der Waals surface area (Å²) in [5.74, 6) is -1.46. The van der Waals surface area contributed by atoms with Crippen LogP contribution in [0.5, 0.6) is 0 Å². The van der Waals surface area contributed by atoms with Crippen LogP contribution in [0.4, 0.5) is 18.9 Å². The fourth-order valence-corrected chi connectivity index (χ4v) is 5.24. The molecule has 2 aliphatic heterocycles. The van der Waals surface area contributed by atoms with E-state index >= 15 is 0 Å². The highest BCUT2D eigenvalue weighted by atomic mass is 19.4. The van der Waals surface area contributed by atoms with Crippen molar-refractivity contribution in [2.75, 3.05) is 44.7 Å². The van der Waals surface area contributed by atoms with Gasteiger partial charge in [0, 0.05) is 49.5 Å². The van der Waals surface area contributed by atoms with Crippen molar-refractivity contribution in [1.82, 2.24) is 15.5 Å². The Hall–Kier alpha value is -3.60. The van der Waals surface area contributed by atoms with Crippen LogP contribution >= 0.6 is 0 Å². The van der Waals surface area contributed by atoms with Crippen molar-refractivity contribution in [2.45, 2.75) is 43.9 Å². The first-order chi connectivity index (χ1) is 18.6. The Morgan fingerprint density at radius 3 is 2.46 bits per heavy atom. The summed E-state index contributed by atoms with van der Waals surface area (Å²) in [6, 6.07) is 11.9. The van der Waals surface area contributed by atoms with Gasteiger partial charge in [0.05, 0.1) is 24.8 Å². The average Bonchev–Trinajstić information content (AvgIpc) is 3.25. The molecule has 2 fully saturated rings. The molecule has 39 heavy (non-hydrogen) atoms. The minimum absolute atomic E-state index is 0.0480. The molecule has 4 rings (SSSR count). The minimum atomic E-state index is -4.55. The van der Waals surface area contributed by atoms with Crippen LogP contribution in [0.3, 0.4) is 0 Å². The number of carbonyl (C=O) groups is 3. The van der Waals surface area contributed by atoms with Crippen LogP contribution in [0.25, 0.3) is 0 Å². The monoisotopic (exact) mass is 546 g/mol. The molecule has 2 aromatic rings. The molecule has 0 radical (unpaired) electrons. The molecule has 0 bridgehead atoms. The number of likely N-dealkylation sites (tertiary alicyclic amines) is 1. The van der Waals surface area contributed by atoms with E-state index in [9.17, 15) is 27.6 Å². The van der Waals surface area contributed by atoms with E-state index in [1.165, 1.54) is 19.2 Å². The molecular weight excluding hydrogens is 513 g/mol. The molecule has 2 aliphatic rings. The maximum Gasteiger partial charge on any atom is 0.416 e. The number of ether oxygens (including phenoxy) is 1. The molecule has 11 heteroatoms. The third kappa shape index (κ3) is 7.50. The molecule has 2 atom stereocenters. The molecule has 8 nitrogen and oxygen atoms in total. The van der Waals surface area contributed by atoms with Gasteiger partial charge in [-0.3, -0.25) is 14.5 Å². The van der Waals surface area contributed by atoms with E-state index in [0.717, 1.165) is 63.1 Å². The van der Waals surface area contributed by atoms with Gasteiger partial charge in [0.2, 0.25) is 5.91 Å². The number of amides is 2. The normalized spacial score (nSPS) is 20.3. The van der Waals surface area contributed by atoms with E-state index in [0.29, 0.717) is 18.2 Å². The van der Waals surface area contributed by atoms with Gasteiger partial charge in [-0.25, -0.2) is 4.79 Å². The van der Waals surface area contributed by atoms with Gasteiger partial charge in [-0.05, 0) is 68.1 Å². The minimum Gasteiger partial charge on any atom is -0.465 e. The molecule has 0 spiro atoms. The van der Waals surface area contributed by atoms with Crippen LogP contribution in [0.1, 0.15) is 52.0 Å². The molecule has 2 heterocycles. The molecule has 2 saturated heterocycles. The van der Waals surface area contributed by atoms with Crippen LogP contribution in [-0.2, 0) is 15.7 Å². The summed E-state index contributed by atoms with van der Waals surface area (Å²) >= 11 is 0. The second kappa shape index (κ2) is 12.5. The number of halogens is 3. The Morgan fingerprint density at radius 1 is 0.974 bits per heavy atom. The first-order valence-electron chi connectivity index (χ1n) is 13.1. The van der Waals surface area contributed by atoms with E-state index in [-0.39, 0.29) is 30.0 Å². The number of hydrogen-bond donors (Lipinski definition) is 2. The van der Waals surface area contributed by atoms with E-state index < -0.39 is 17.6 Å². The molecule has 0 aliphatic carbocycles. The largest absolute Gasteiger partial charge is 0.465 e. The lowest BCUT2D eigenvalue weighted by molar-refractivity contribution is -0.137. The summed E-state index contributed by atoms with van der Waals surface area (Å²) in [6.07, 6.45) is -0.701.